The molecule has 1 saturated carbocycles. The van der Waals surface area contributed by atoms with Crippen LogP contribution in [0.3, 0.4) is 0 Å². The summed E-state index contributed by atoms with van der Waals surface area (Å²) >= 11 is 0. The van der Waals surface area contributed by atoms with E-state index < -0.39 is 0 Å². The van der Waals surface area contributed by atoms with E-state index in [4.69, 9.17) is 5.73 Å². The molecule has 1 aromatic rings. The maximum Gasteiger partial charge on any atom is 0.0131 e. The van der Waals surface area contributed by atoms with E-state index in [2.05, 4.69) is 44.2 Å². The fraction of sp³-hybridized carbons (Fsp3) is 0.652. The number of fused-ring (bicyclic) bond motifs is 1. The highest BCUT2D eigenvalue weighted by Crippen LogP contribution is 2.40. The molecule has 1 heteroatoms. The van der Waals surface area contributed by atoms with E-state index in [-0.39, 0.29) is 5.54 Å². The van der Waals surface area contributed by atoms with E-state index in [0.29, 0.717) is 5.92 Å². The molecule has 0 spiro atoms. The summed E-state index contributed by atoms with van der Waals surface area (Å²) in [5.41, 5.74) is 11.2. The van der Waals surface area contributed by atoms with Crippen molar-refractivity contribution >= 4 is 0 Å². The molecule has 2 aliphatic rings. The van der Waals surface area contributed by atoms with Crippen molar-refractivity contribution < 1.29 is 0 Å². The summed E-state index contributed by atoms with van der Waals surface area (Å²) in [7, 11) is 0. The zero-order valence-electron chi connectivity index (χ0n) is 15.7. The van der Waals surface area contributed by atoms with Crippen LogP contribution < -0.4 is 5.73 Å². The SMILES string of the molecule is C/C=C\CCCC[C@H]1CCc2cc([C@H]3CC[C@@](C)(N)C3)ccc2C1. The molecule has 0 bridgehead atoms. The molecule has 2 N–H and O–H groups in total. The highest BCUT2D eigenvalue weighted by atomic mass is 14.7. The van der Waals surface area contributed by atoms with Gasteiger partial charge in [0, 0.05) is 5.54 Å². The molecule has 2 aliphatic carbocycles. The van der Waals surface area contributed by atoms with Crippen LogP contribution in [0.2, 0.25) is 0 Å². The van der Waals surface area contributed by atoms with Gasteiger partial charge in [0.25, 0.3) is 0 Å². The Morgan fingerprint density at radius 3 is 2.83 bits per heavy atom. The Hall–Kier alpha value is -1.08. The fourth-order valence-corrected chi connectivity index (χ4v) is 4.77. The van der Waals surface area contributed by atoms with Gasteiger partial charge in [-0.2, -0.15) is 0 Å². The zero-order chi connectivity index (χ0) is 17.0. The maximum absolute atomic E-state index is 6.33. The summed E-state index contributed by atoms with van der Waals surface area (Å²) in [4.78, 5) is 0. The molecule has 0 saturated heterocycles. The Bertz CT molecular complexity index is 569. The van der Waals surface area contributed by atoms with Crippen molar-refractivity contribution in [3.63, 3.8) is 0 Å². The zero-order valence-corrected chi connectivity index (χ0v) is 15.7. The number of allylic oxidation sites excluding steroid dienone is 2. The molecule has 3 rings (SSSR count). The molecule has 0 unspecified atom stereocenters. The van der Waals surface area contributed by atoms with Crippen molar-refractivity contribution in [1.82, 2.24) is 0 Å². The van der Waals surface area contributed by atoms with Crippen molar-refractivity contribution in [2.45, 2.75) is 89.5 Å². The largest absolute Gasteiger partial charge is 0.325 e. The summed E-state index contributed by atoms with van der Waals surface area (Å²) < 4.78 is 0. The average molecular weight is 326 g/mol. The highest BCUT2D eigenvalue weighted by molar-refractivity contribution is 5.36. The summed E-state index contributed by atoms with van der Waals surface area (Å²) in [6.45, 7) is 4.33. The summed E-state index contributed by atoms with van der Waals surface area (Å²) in [6, 6.07) is 7.35. The second-order valence-electron chi connectivity index (χ2n) is 8.58. The third kappa shape index (κ3) is 4.51. The van der Waals surface area contributed by atoms with Crippen LogP contribution in [0.15, 0.2) is 30.4 Å². The van der Waals surface area contributed by atoms with E-state index in [9.17, 15) is 0 Å². The van der Waals surface area contributed by atoms with Crippen LogP contribution in [0.4, 0.5) is 0 Å². The standard InChI is InChI=1S/C23H35N/c1-3-4-5-6-7-8-18-9-10-20-16-21(12-11-19(20)15-18)22-13-14-23(2,24)17-22/h3-4,11-12,16,18,22H,5-10,13-15,17,24H2,1-2H3/b4-3-/t18-,22-,23+/m0/s1. The number of hydrogen-bond donors (Lipinski definition) is 1. The molecule has 3 atom stereocenters. The molecule has 0 aromatic heterocycles. The van der Waals surface area contributed by atoms with Gasteiger partial charge in [-0.1, -0.05) is 43.2 Å². The molecular weight excluding hydrogens is 290 g/mol. The smallest absolute Gasteiger partial charge is 0.0131 e. The topological polar surface area (TPSA) is 26.0 Å². The lowest BCUT2D eigenvalue weighted by molar-refractivity contribution is 0.409. The molecule has 1 aromatic carbocycles. The van der Waals surface area contributed by atoms with Gasteiger partial charge < -0.3 is 5.73 Å². The minimum absolute atomic E-state index is 0.0542. The van der Waals surface area contributed by atoms with Crippen molar-refractivity contribution in [2.75, 3.05) is 0 Å². The Balaban J connectivity index is 1.54. The number of rotatable bonds is 6. The first-order valence-corrected chi connectivity index (χ1v) is 10.1. The first-order valence-electron chi connectivity index (χ1n) is 10.1. The van der Waals surface area contributed by atoms with Crippen LogP contribution in [0.25, 0.3) is 0 Å². The minimum atomic E-state index is 0.0542. The quantitative estimate of drug-likeness (QED) is 0.510. The van der Waals surface area contributed by atoms with Crippen molar-refractivity contribution in [3.8, 4) is 0 Å². The van der Waals surface area contributed by atoms with Gasteiger partial charge in [-0.15, -0.1) is 0 Å². The molecule has 24 heavy (non-hydrogen) atoms. The average Bonchev–Trinajstić information content (AvgIpc) is 2.94. The number of unbranched alkanes of at least 4 members (excludes halogenated alkanes) is 2. The van der Waals surface area contributed by atoms with Gasteiger partial charge >= 0.3 is 0 Å². The van der Waals surface area contributed by atoms with Crippen LogP contribution in [-0.4, -0.2) is 5.54 Å². The second-order valence-corrected chi connectivity index (χ2v) is 8.58. The molecule has 0 aliphatic heterocycles. The molecule has 1 fully saturated rings. The van der Waals surface area contributed by atoms with E-state index in [1.54, 1.807) is 16.7 Å². The first kappa shape index (κ1) is 17.7. The third-order valence-electron chi connectivity index (χ3n) is 6.28. The van der Waals surface area contributed by atoms with Crippen LogP contribution in [0.5, 0.6) is 0 Å². The summed E-state index contributed by atoms with van der Waals surface area (Å²) in [5, 5.41) is 0. The van der Waals surface area contributed by atoms with Crippen LogP contribution >= 0.6 is 0 Å². The Kier molecular flexibility index (Phi) is 5.81. The lowest BCUT2D eigenvalue weighted by atomic mass is 9.79. The van der Waals surface area contributed by atoms with Crippen molar-refractivity contribution in [3.05, 3.63) is 47.0 Å². The van der Waals surface area contributed by atoms with Gasteiger partial charge in [-0.3, -0.25) is 0 Å². The van der Waals surface area contributed by atoms with Gasteiger partial charge in [-0.05, 0) is 93.7 Å². The molecule has 132 valence electrons. The monoisotopic (exact) mass is 325 g/mol. The highest BCUT2D eigenvalue weighted by Gasteiger charge is 2.32. The van der Waals surface area contributed by atoms with Crippen LogP contribution in [-0.2, 0) is 12.8 Å². The van der Waals surface area contributed by atoms with E-state index in [1.807, 2.05) is 0 Å². The Labute approximate surface area is 148 Å². The fourth-order valence-electron chi connectivity index (χ4n) is 4.77. The number of aryl methyl sites for hydroxylation is 1. The van der Waals surface area contributed by atoms with Gasteiger partial charge in [-0.25, -0.2) is 0 Å². The van der Waals surface area contributed by atoms with E-state index >= 15 is 0 Å². The lowest BCUT2D eigenvalue weighted by Gasteiger charge is -2.26. The molecule has 0 amide bonds. The van der Waals surface area contributed by atoms with Crippen molar-refractivity contribution in [2.24, 2.45) is 11.7 Å². The Morgan fingerprint density at radius 1 is 1.21 bits per heavy atom. The number of hydrogen-bond acceptors (Lipinski definition) is 1. The van der Waals surface area contributed by atoms with E-state index in [1.165, 1.54) is 57.8 Å². The van der Waals surface area contributed by atoms with Gasteiger partial charge in [0.2, 0.25) is 0 Å². The van der Waals surface area contributed by atoms with Crippen LogP contribution in [0.1, 0.15) is 87.8 Å². The predicted molar refractivity (Wildman–Crippen MR) is 104 cm³/mol. The van der Waals surface area contributed by atoms with Gasteiger partial charge in [0.1, 0.15) is 0 Å². The number of nitrogens with two attached hydrogens (primary N) is 1. The minimum Gasteiger partial charge on any atom is -0.325 e. The second kappa shape index (κ2) is 7.87. The van der Waals surface area contributed by atoms with Gasteiger partial charge in [0.05, 0.1) is 0 Å². The first-order chi connectivity index (χ1) is 11.6. The van der Waals surface area contributed by atoms with E-state index in [0.717, 1.165) is 12.3 Å². The maximum atomic E-state index is 6.33. The van der Waals surface area contributed by atoms with Crippen LogP contribution in [0, 0.1) is 5.92 Å². The summed E-state index contributed by atoms with van der Waals surface area (Å²) in [5.74, 6) is 1.60. The number of benzene rings is 1. The molecular formula is C23H35N. The summed E-state index contributed by atoms with van der Waals surface area (Å²) in [6.07, 6.45) is 17.4. The third-order valence-corrected chi connectivity index (χ3v) is 6.28. The Morgan fingerprint density at radius 2 is 2.08 bits per heavy atom. The van der Waals surface area contributed by atoms with Crippen molar-refractivity contribution in [1.29, 1.82) is 0 Å². The lowest BCUT2D eigenvalue weighted by Crippen LogP contribution is -2.32. The predicted octanol–water partition coefficient (Wildman–Crippen LogP) is 5.91. The van der Waals surface area contributed by atoms with Gasteiger partial charge in [0.15, 0.2) is 0 Å². The molecule has 0 heterocycles. The molecule has 0 radical (unpaired) electrons. The normalized spacial score (nSPS) is 30.0. The molecule has 1 nitrogen and oxygen atoms in total.